The van der Waals surface area contributed by atoms with Gasteiger partial charge in [-0.2, -0.15) is 0 Å². The third kappa shape index (κ3) is 6.39. The molecule has 0 aromatic carbocycles. The SMILES string of the molecule is C=CCS(=O)(=O)CC(=NOC(=O)NC)C(C)(C)C. The molecule has 0 aliphatic carbocycles. The molecule has 104 valence electrons. The molecule has 0 aliphatic rings. The Kier molecular flexibility index (Phi) is 6.04. The number of hydrogen-bond donors (Lipinski definition) is 1. The minimum atomic E-state index is -3.33. The number of carbonyl (C=O) groups is 1. The fraction of sp³-hybridized carbons (Fsp3) is 0.636. The predicted molar refractivity (Wildman–Crippen MR) is 71.3 cm³/mol. The van der Waals surface area contributed by atoms with Crippen LogP contribution in [0.4, 0.5) is 4.79 Å². The van der Waals surface area contributed by atoms with Gasteiger partial charge in [-0.15, -0.1) is 6.58 Å². The van der Waals surface area contributed by atoms with Crippen LogP contribution in [0.2, 0.25) is 0 Å². The standard InChI is InChI=1S/C11H20N2O4S/c1-6-7-18(15,16)8-9(11(2,3)4)13-17-10(14)12-5/h6H,1,7-8H2,2-5H3,(H,12,14). The molecule has 0 bridgehead atoms. The minimum Gasteiger partial charge on any atom is -0.323 e. The smallest absolute Gasteiger partial charge is 0.323 e. The average Bonchev–Trinajstić information content (AvgIpc) is 2.21. The van der Waals surface area contributed by atoms with E-state index in [9.17, 15) is 13.2 Å². The molecule has 0 rings (SSSR count). The van der Waals surface area contributed by atoms with Crippen LogP contribution in [0.15, 0.2) is 17.8 Å². The Morgan fingerprint density at radius 3 is 2.39 bits per heavy atom. The summed E-state index contributed by atoms with van der Waals surface area (Å²) in [6, 6.07) is 0. The highest BCUT2D eigenvalue weighted by Crippen LogP contribution is 2.18. The van der Waals surface area contributed by atoms with E-state index in [0.717, 1.165) is 0 Å². The zero-order valence-electron chi connectivity index (χ0n) is 11.2. The number of carbonyl (C=O) groups excluding carboxylic acids is 1. The van der Waals surface area contributed by atoms with Crippen molar-refractivity contribution in [3.05, 3.63) is 12.7 Å². The van der Waals surface area contributed by atoms with E-state index >= 15 is 0 Å². The molecule has 1 N–H and O–H groups in total. The second kappa shape index (κ2) is 6.53. The summed E-state index contributed by atoms with van der Waals surface area (Å²) in [5.41, 5.74) is -0.227. The molecule has 0 saturated carbocycles. The lowest BCUT2D eigenvalue weighted by Crippen LogP contribution is -2.30. The van der Waals surface area contributed by atoms with Crippen LogP contribution in [-0.2, 0) is 14.7 Å². The van der Waals surface area contributed by atoms with Gasteiger partial charge >= 0.3 is 6.09 Å². The van der Waals surface area contributed by atoms with Gasteiger partial charge in [0, 0.05) is 12.5 Å². The molecule has 0 aliphatic heterocycles. The van der Waals surface area contributed by atoms with Crippen molar-refractivity contribution in [2.24, 2.45) is 10.6 Å². The number of rotatable bonds is 5. The first kappa shape index (κ1) is 16.6. The summed E-state index contributed by atoms with van der Waals surface area (Å²) in [5, 5.41) is 5.85. The Morgan fingerprint density at radius 2 is 2.00 bits per heavy atom. The van der Waals surface area contributed by atoms with Gasteiger partial charge in [0.1, 0.15) is 0 Å². The van der Waals surface area contributed by atoms with Crippen molar-refractivity contribution in [3.63, 3.8) is 0 Å². The lowest BCUT2D eigenvalue weighted by atomic mass is 9.91. The summed E-state index contributed by atoms with van der Waals surface area (Å²) < 4.78 is 23.4. The first-order valence-electron chi connectivity index (χ1n) is 5.40. The van der Waals surface area contributed by atoms with E-state index in [1.165, 1.54) is 13.1 Å². The second-order valence-corrected chi connectivity index (χ2v) is 6.87. The van der Waals surface area contributed by atoms with E-state index in [1.807, 2.05) is 0 Å². The summed E-state index contributed by atoms with van der Waals surface area (Å²) in [5.74, 6) is -0.401. The zero-order chi connectivity index (χ0) is 14.4. The zero-order valence-corrected chi connectivity index (χ0v) is 12.0. The molecule has 0 atom stereocenters. The number of hydrogen-bond acceptors (Lipinski definition) is 5. The largest absolute Gasteiger partial charge is 0.433 e. The summed E-state index contributed by atoms with van der Waals surface area (Å²) in [7, 11) is -1.94. The Hall–Kier alpha value is -1.37. The van der Waals surface area contributed by atoms with E-state index in [1.54, 1.807) is 20.8 Å². The fourth-order valence-electron chi connectivity index (χ4n) is 0.969. The molecule has 1 amide bonds. The Labute approximate surface area is 108 Å². The van der Waals surface area contributed by atoms with Crippen molar-refractivity contribution in [1.82, 2.24) is 5.32 Å². The molecule has 7 heteroatoms. The van der Waals surface area contributed by atoms with Crippen molar-refractivity contribution in [3.8, 4) is 0 Å². The Morgan fingerprint density at radius 1 is 1.44 bits per heavy atom. The average molecular weight is 276 g/mol. The number of amides is 1. The maximum Gasteiger partial charge on any atom is 0.433 e. The molecule has 0 radical (unpaired) electrons. The highest BCUT2D eigenvalue weighted by atomic mass is 32.2. The van der Waals surface area contributed by atoms with E-state index in [0.29, 0.717) is 0 Å². The first-order valence-corrected chi connectivity index (χ1v) is 7.22. The summed E-state index contributed by atoms with van der Waals surface area (Å²) in [6.07, 6.45) is 0.577. The molecule has 0 aromatic heterocycles. The van der Waals surface area contributed by atoms with Crippen molar-refractivity contribution in [1.29, 1.82) is 0 Å². The second-order valence-electron chi connectivity index (χ2n) is 4.76. The van der Waals surface area contributed by atoms with Crippen molar-refractivity contribution >= 4 is 21.6 Å². The molecule has 18 heavy (non-hydrogen) atoms. The molecular formula is C11H20N2O4S. The van der Waals surface area contributed by atoms with E-state index in [2.05, 4.69) is 21.9 Å². The van der Waals surface area contributed by atoms with E-state index < -0.39 is 21.3 Å². The van der Waals surface area contributed by atoms with Gasteiger partial charge in [0.25, 0.3) is 0 Å². The molecule has 6 nitrogen and oxygen atoms in total. The van der Waals surface area contributed by atoms with Gasteiger partial charge in [-0.25, -0.2) is 13.2 Å². The van der Waals surface area contributed by atoms with Gasteiger partial charge < -0.3 is 5.32 Å². The van der Waals surface area contributed by atoms with Crippen LogP contribution in [0.25, 0.3) is 0 Å². The fourth-order valence-corrected chi connectivity index (χ4v) is 2.35. The predicted octanol–water partition coefficient (Wildman–Crippen LogP) is 1.35. The van der Waals surface area contributed by atoms with Crippen LogP contribution >= 0.6 is 0 Å². The topological polar surface area (TPSA) is 84.8 Å². The third-order valence-corrected chi connectivity index (χ3v) is 3.49. The molecule has 0 spiro atoms. The van der Waals surface area contributed by atoms with Crippen LogP contribution < -0.4 is 5.32 Å². The maximum absolute atomic E-state index is 11.7. The first-order chi connectivity index (χ1) is 8.12. The van der Waals surface area contributed by atoms with Crippen LogP contribution in [0.1, 0.15) is 20.8 Å². The third-order valence-electron chi connectivity index (χ3n) is 2.04. The molecule has 0 saturated heterocycles. The van der Waals surface area contributed by atoms with E-state index in [4.69, 9.17) is 0 Å². The van der Waals surface area contributed by atoms with Gasteiger partial charge in [0.05, 0.1) is 17.2 Å². The van der Waals surface area contributed by atoms with Gasteiger partial charge in [-0.05, 0) is 0 Å². The van der Waals surface area contributed by atoms with Crippen LogP contribution in [0, 0.1) is 5.41 Å². The summed E-state index contributed by atoms with van der Waals surface area (Å²) in [4.78, 5) is 15.5. The molecule has 0 unspecified atom stereocenters. The van der Waals surface area contributed by atoms with Crippen LogP contribution in [0.3, 0.4) is 0 Å². The Bertz CT molecular complexity index is 432. The maximum atomic E-state index is 11.7. The van der Waals surface area contributed by atoms with Crippen molar-refractivity contribution < 1.29 is 18.0 Å². The Balaban J connectivity index is 5.04. The highest BCUT2D eigenvalue weighted by Gasteiger charge is 2.25. The monoisotopic (exact) mass is 276 g/mol. The number of oxime groups is 1. The van der Waals surface area contributed by atoms with Crippen molar-refractivity contribution in [2.75, 3.05) is 18.6 Å². The number of sulfone groups is 1. The minimum absolute atomic E-state index is 0.137. The van der Waals surface area contributed by atoms with Gasteiger partial charge in [-0.1, -0.05) is 32.0 Å². The quantitative estimate of drug-likeness (QED) is 0.355. The number of nitrogens with one attached hydrogen (secondary N) is 1. The number of nitrogens with zero attached hydrogens (tertiary/aromatic N) is 1. The lowest BCUT2D eigenvalue weighted by Gasteiger charge is -2.20. The van der Waals surface area contributed by atoms with Crippen LogP contribution in [-0.4, -0.2) is 38.8 Å². The van der Waals surface area contributed by atoms with Gasteiger partial charge in [0.15, 0.2) is 9.84 Å². The lowest BCUT2D eigenvalue weighted by molar-refractivity contribution is 0.151. The van der Waals surface area contributed by atoms with Crippen LogP contribution in [0.5, 0.6) is 0 Å². The normalized spacial score (nSPS) is 13.0. The summed E-state index contributed by atoms with van der Waals surface area (Å²) in [6.45, 7) is 8.77. The summed E-state index contributed by atoms with van der Waals surface area (Å²) >= 11 is 0. The van der Waals surface area contributed by atoms with Gasteiger partial charge in [-0.3, -0.25) is 4.84 Å². The van der Waals surface area contributed by atoms with Crippen molar-refractivity contribution in [2.45, 2.75) is 20.8 Å². The molecule has 0 fully saturated rings. The molecule has 0 aromatic rings. The molecular weight excluding hydrogens is 256 g/mol. The van der Waals surface area contributed by atoms with E-state index in [-0.39, 0.29) is 17.2 Å². The highest BCUT2D eigenvalue weighted by molar-refractivity contribution is 7.92. The van der Waals surface area contributed by atoms with Gasteiger partial charge in [0.2, 0.25) is 0 Å². The molecule has 0 heterocycles.